The molecule has 0 amide bonds. The number of benzene rings is 1. The summed E-state index contributed by atoms with van der Waals surface area (Å²) in [4.78, 5) is 4.32. The van der Waals surface area contributed by atoms with E-state index in [9.17, 15) is 0 Å². The quantitative estimate of drug-likeness (QED) is 0.851. The second kappa shape index (κ2) is 6.80. The first kappa shape index (κ1) is 14.2. The smallest absolute Gasteiger partial charge is 0.109 e. The molecule has 0 fully saturated rings. The van der Waals surface area contributed by atoms with Crippen LogP contribution in [0.15, 0.2) is 41.9 Å². The third-order valence-electron chi connectivity index (χ3n) is 3.37. The highest BCUT2D eigenvalue weighted by atomic mass is 32.1. The molecule has 3 atom stereocenters. The van der Waals surface area contributed by atoms with Crippen molar-refractivity contribution in [3.8, 4) is 0 Å². The van der Waals surface area contributed by atoms with E-state index in [4.69, 9.17) is 5.73 Å². The maximum absolute atomic E-state index is 6.29. The van der Waals surface area contributed by atoms with Crippen molar-refractivity contribution in [1.29, 1.82) is 0 Å². The highest BCUT2D eigenvalue weighted by molar-refractivity contribution is 7.09. The standard InChI is InChI=1S/C15H21N3S/c1-11(14(16)13-6-4-3-5-7-13)10-18-12(2)15-17-8-9-19-15/h3-9,11-12,14,18H,10,16H2,1-2H3. The van der Waals surface area contributed by atoms with Crippen LogP contribution in [-0.2, 0) is 0 Å². The molecule has 2 rings (SSSR count). The summed E-state index contributed by atoms with van der Waals surface area (Å²) in [5.74, 6) is 0.379. The van der Waals surface area contributed by atoms with E-state index >= 15 is 0 Å². The first-order valence-electron chi connectivity index (χ1n) is 6.61. The Kier molecular flexibility index (Phi) is 5.07. The number of nitrogens with two attached hydrogens (primary N) is 1. The fourth-order valence-electron chi connectivity index (χ4n) is 2.03. The lowest BCUT2D eigenvalue weighted by atomic mass is 9.95. The van der Waals surface area contributed by atoms with Crippen LogP contribution in [0.5, 0.6) is 0 Å². The van der Waals surface area contributed by atoms with Gasteiger partial charge in [0.15, 0.2) is 0 Å². The normalized spacial score (nSPS) is 15.9. The molecule has 0 bridgehead atoms. The van der Waals surface area contributed by atoms with Crippen molar-refractivity contribution in [3.05, 3.63) is 52.5 Å². The van der Waals surface area contributed by atoms with Gasteiger partial charge in [0.2, 0.25) is 0 Å². The Morgan fingerprint density at radius 2 is 2.00 bits per heavy atom. The molecule has 1 aromatic heterocycles. The predicted octanol–water partition coefficient (Wildman–Crippen LogP) is 3.13. The summed E-state index contributed by atoms with van der Waals surface area (Å²) in [5, 5.41) is 6.64. The lowest BCUT2D eigenvalue weighted by Gasteiger charge is -2.22. The summed E-state index contributed by atoms with van der Waals surface area (Å²) >= 11 is 1.68. The highest BCUT2D eigenvalue weighted by Gasteiger charge is 2.16. The number of rotatable bonds is 6. The Bertz CT molecular complexity index is 469. The molecule has 19 heavy (non-hydrogen) atoms. The van der Waals surface area contributed by atoms with Crippen LogP contribution in [0.25, 0.3) is 0 Å². The van der Waals surface area contributed by atoms with Gasteiger partial charge in [0.05, 0.1) is 6.04 Å². The van der Waals surface area contributed by atoms with Gasteiger partial charge in [-0.05, 0) is 18.4 Å². The number of thiazole rings is 1. The molecule has 3 N–H and O–H groups in total. The summed E-state index contributed by atoms with van der Waals surface area (Å²) < 4.78 is 0. The average molecular weight is 275 g/mol. The lowest BCUT2D eigenvalue weighted by Crippen LogP contribution is -2.31. The molecule has 102 valence electrons. The van der Waals surface area contributed by atoms with Gasteiger partial charge in [-0.2, -0.15) is 0 Å². The van der Waals surface area contributed by atoms with Crippen molar-refractivity contribution in [2.45, 2.75) is 25.9 Å². The summed E-state index contributed by atoms with van der Waals surface area (Å²) in [7, 11) is 0. The predicted molar refractivity (Wildman–Crippen MR) is 81.1 cm³/mol. The molecule has 2 aromatic rings. The lowest BCUT2D eigenvalue weighted by molar-refractivity contribution is 0.410. The van der Waals surface area contributed by atoms with E-state index in [-0.39, 0.29) is 12.1 Å². The SMILES string of the molecule is CC(NCC(C)C(N)c1ccccc1)c1nccs1. The molecule has 1 aromatic carbocycles. The average Bonchev–Trinajstić information content (AvgIpc) is 2.98. The van der Waals surface area contributed by atoms with Gasteiger partial charge in [-0.15, -0.1) is 11.3 Å². The van der Waals surface area contributed by atoms with Crippen LogP contribution in [-0.4, -0.2) is 11.5 Å². The molecule has 0 radical (unpaired) electrons. The molecule has 0 aliphatic heterocycles. The summed E-state index contributed by atoms with van der Waals surface area (Å²) in [6.07, 6.45) is 1.84. The van der Waals surface area contributed by atoms with Crippen molar-refractivity contribution in [2.24, 2.45) is 11.7 Å². The molecule has 0 spiro atoms. The first-order valence-corrected chi connectivity index (χ1v) is 7.49. The molecule has 0 aliphatic carbocycles. The van der Waals surface area contributed by atoms with Crippen LogP contribution >= 0.6 is 11.3 Å². The number of aromatic nitrogens is 1. The topological polar surface area (TPSA) is 50.9 Å². The molecule has 0 saturated heterocycles. The zero-order valence-corrected chi connectivity index (χ0v) is 12.2. The minimum absolute atomic E-state index is 0.0668. The van der Waals surface area contributed by atoms with E-state index in [2.05, 4.69) is 36.3 Å². The molecule has 0 saturated carbocycles. The maximum atomic E-state index is 6.29. The maximum Gasteiger partial charge on any atom is 0.109 e. The van der Waals surface area contributed by atoms with E-state index in [0.717, 1.165) is 11.6 Å². The minimum Gasteiger partial charge on any atom is -0.324 e. The van der Waals surface area contributed by atoms with E-state index < -0.39 is 0 Å². The number of nitrogens with zero attached hydrogens (tertiary/aromatic N) is 1. The summed E-state index contributed by atoms with van der Waals surface area (Å²) in [5.41, 5.74) is 7.48. The van der Waals surface area contributed by atoms with E-state index in [1.54, 1.807) is 11.3 Å². The van der Waals surface area contributed by atoms with E-state index in [0.29, 0.717) is 5.92 Å². The largest absolute Gasteiger partial charge is 0.324 e. The van der Waals surface area contributed by atoms with Crippen LogP contribution < -0.4 is 11.1 Å². The Morgan fingerprint density at radius 3 is 2.63 bits per heavy atom. The Hall–Kier alpha value is -1.23. The van der Waals surface area contributed by atoms with Gasteiger partial charge >= 0.3 is 0 Å². The molecule has 1 heterocycles. The molecule has 3 nitrogen and oxygen atoms in total. The monoisotopic (exact) mass is 275 g/mol. The van der Waals surface area contributed by atoms with Crippen LogP contribution in [0.4, 0.5) is 0 Å². The van der Waals surface area contributed by atoms with Gasteiger partial charge in [0.1, 0.15) is 5.01 Å². The number of nitrogens with one attached hydrogen (secondary N) is 1. The van der Waals surface area contributed by atoms with Gasteiger partial charge in [-0.25, -0.2) is 4.98 Å². The van der Waals surface area contributed by atoms with Crippen molar-refractivity contribution in [1.82, 2.24) is 10.3 Å². The van der Waals surface area contributed by atoms with Crippen LogP contribution in [0, 0.1) is 5.92 Å². The van der Waals surface area contributed by atoms with Crippen LogP contribution in [0.3, 0.4) is 0 Å². The zero-order valence-electron chi connectivity index (χ0n) is 11.4. The van der Waals surface area contributed by atoms with Gasteiger partial charge < -0.3 is 11.1 Å². The van der Waals surface area contributed by atoms with Crippen molar-refractivity contribution >= 4 is 11.3 Å². The van der Waals surface area contributed by atoms with Gasteiger partial charge in [0, 0.05) is 24.2 Å². The second-order valence-corrected chi connectivity index (χ2v) is 5.84. The third-order valence-corrected chi connectivity index (χ3v) is 4.32. The Labute approximate surface area is 118 Å². The molecule has 3 unspecified atom stereocenters. The summed E-state index contributed by atoms with van der Waals surface area (Å²) in [6.45, 7) is 5.20. The summed E-state index contributed by atoms with van der Waals surface area (Å²) in [6, 6.07) is 10.6. The Morgan fingerprint density at radius 1 is 1.26 bits per heavy atom. The number of hydrogen-bond acceptors (Lipinski definition) is 4. The second-order valence-electron chi connectivity index (χ2n) is 4.91. The third kappa shape index (κ3) is 3.86. The van der Waals surface area contributed by atoms with Gasteiger partial charge in [0.25, 0.3) is 0 Å². The fourth-order valence-corrected chi connectivity index (χ4v) is 2.70. The number of hydrogen-bond donors (Lipinski definition) is 2. The van der Waals surface area contributed by atoms with E-state index in [1.807, 2.05) is 29.8 Å². The molecule has 0 aliphatic rings. The van der Waals surface area contributed by atoms with Crippen LogP contribution in [0.1, 0.15) is 36.5 Å². The van der Waals surface area contributed by atoms with Crippen molar-refractivity contribution in [3.63, 3.8) is 0 Å². The zero-order chi connectivity index (χ0) is 13.7. The van der Waals surface area contributed by atoms with E-state index in [1.165, 1.54) is 5.56 Å². The van der Waals surface area contributed by atoms with Gasteiger partial charge in [-0.3, -0.25) is 0 Å². The van der Waals surface area contributed by atoms with Crippen molar-refractivity contribution < 1.29 is 0 Å². The fraction of sp³-hybridized carbons (Fsp3) is 0.400. The molecule has 4 heteroatoms. The van der Waals surface area contributed by atoms with Gasteiger partial charge in [-0.1, -0.05) is 37.3 Å². The van der Waals surface area contributed by atoms with Crippen LogP contribution in [0.2, 0.25) is 0 Å². The van der Waals surface area contributed by atoms with Crippen molar-refractivity contribution in [2.75, 3.05) is 6.54 Å². The highest BCUT2D eigenvalue weighted by Crippen LogP contribution is 2.20. The molecular formula is C15H21N3S. The Balaban J connectivity index is 1.86. The minimum atomic E-state index is 0.0668. The first-order chi connectivity index (χ1) is 9.18. The molecular weight excluding hydrogens is 254 g/mol.